The van der Waals surface area contributed by atoms with Crippen molar-refractivity contribution in [2.24, 2.45) is 0 Å². The number of thiophene rings is 1. The maximum absolute atomic E-state index is 14.8. The van der Waals surface area contributed by atoms with Crippen molar-refractivity contribution in [1.29, 1.82) is 0 Å². The van der Waals surface area contributed by atoms with Crippen LogP contribution >= 0.6 is 27.3 Å². The molecule has 9 nitrogen and oxygen atoms in total. The summed E-state index contributed by atoms with van der Waals surface area (Å²) in [4.78, 5) is 39.0. The smallest absolute Gasteiger partial charge is 0.399 e. The second-order valence-electron chi connectivity index (χ2n) is 7.49. The molecule has 0 spiro atoms. The van der Waals surface area contributed by atoms with Gasteiger partial charge in [-0.15, -0.1) is 0 Å². The molecule has 2 aliphatic heterocycles. The minimum absolute atomic E-state index is 0.0507. The Kier molecular flexibility index (Phi) is 7.27. The fourth-order valence-corrected chi connectivity index (χ4v) is 4.74. The maximum Gasteiger partial charge on any atom is 0.414 e. The lowest BCUT2D eigenvalue weighted by Crippen LogP contribution is -2.58. The van der Waals surface area contributed by atoms with Crippen molar-refractivity contribution in [2.45, 2.75) is 18.4 Å². The van der Waals surface area contributed by atoms with Crippen LogP contribution in [-0.4, -0.2) is 56.4 Å². The Morgan fingerprint density at radius 1 is 1.18 bits per heavy atom. The third-order valence-corrected chi connectivity index (χ3v) is 6.76. The maximum atomic E-state index is 14.8. The van der Waals surface area contributed by atoms with Gasteiger partial charge in [0.25, 0.3) is 5.91 Å². The third kappa shape index (κ3) is 5.52. The summed E-state index contributed by atoms with van der Waals surface area (Å²) in [5, 5.41) is 5.58. The number of ether oxygens (including phenoxy) is 3. The third-order valence-electron chi connectivity index (χ3n) is 5.26. The van der Waals surface area contributed by atoms with Gasteiger partial charge in [-0.2, -0.15) is 0 Å². The summed E-state index contributed by atoms with van der Waals surface area (Å²) in [7, 11) is 0. The Bertz CT molecular complexity index is 1060. The molecule has 3 heterocycles. The molecule has 3 amide bonds. The number of rotatable bonds is 5. The fourth-order valence-electron chi connectivity index (χ4n) is 3.55. The second-order valence-corrected chi connectivity index (χ2v) is 9.91. The molecule has 2 N–H and O–H groups in total. The van der Waals surface area contributed by atoms with Crippen molar-refractivity contribution in [3.63, 3.8) is 0 Å². The Morgan fingerprint density at radius 2 is 2.03 bits per heavy atom. The Morgan fingerprint density at radius 3 is 2.73 bits per heavy atom. The standard InChI is InChI=1S/C21H21BrFN3O6S/c22-16-3-4-18(33-16)32-20(29)25-21(6-9-31-12-21)19(28)24-13-1-2-15(14(23)11-13)26-7-10-30-8-5-17(26)27/h1-4,11H,5-10,12H2,(H,24,28)(H,25,29). The molecule has 2 aromatic rings. The van der Waals surface area contributed by atoms with Gasteiger partial charge >= 0.3 is 6.09 Å². The van der Waals surface area contributed by atoms with Gasteiger partial charge in [-0.1, -0.05) is 11.3 Å². The van der Waals surface area contributed by atoms with Gasteiger partial charge in [0.05, 0.1) is 35.7 Å². The number of hydrogen-bond acceptors (Lipinski definition) is 7. The molecule has 2 saturated heterocycles. The highest BCUT2D eigenvalue weighted by atomic mass is 79.9. The van der Waals surface area contributed by atoms with Crippen LogP contribution in [0.15, 0.2) is 34.1 Å². The van der Waals surface area contributed by atoms with Gasteiger partial charge in [0.2, 0.25) is 5.91 Å². The predicted molar refractivity (Wildman–Crippen MR) is 122 cm³/mol. The summed E-state index contributed by atoms with van der Waals surface area (Å²) >= 11 is 4.51. The second kappa shape index (κ2) is 10.2. The number of anilines is 2. The highest BCUT2D eigenvalue weighted by Gasteiger charge is 2.44. The van der Waals surface area contributed by atoms with Crippen molar-refractivity contribution in [2.75, 3.05) is 43.2 Å². The molecule has 1 aromatic heterocycles. The van der Waals surface area contributed by atoms with E-state index in [1.54, 1.807) is 12.1 Å². The normalized spacial score (nSPS) is 20.9. The van der Waals surface area contributed by atoms with Crippen LogP contribution in [0.5, 0.6) is 5.06 Å². The molecule has 2 aliphatic rings. The average Bonchev–Trinajstić information content (AvgIpc) is 3.35. The first-order valence-corrected chi connectivity index (χ1v) is 11.8. The van der Waals surface area contributed by atoms with Crippen LogP contribution in [0, 0.1) is 5.82 Å². The first kappa shape index (κ1) is 23.6. The molecular formula is C21H21BrFN3O6S. The highest BCUT2D eigenvalue weighted by molar-refractivity contribution is 9.11. The van der Waals surface area contributed by atoms with Crippen LogP contribution in [0.25, 0.3) is 0 Å². The van der Waals surface area contributed by atoms with Gasteiger partial charge < -0.3 is 29.7 Å². The highest BCUT2D eigenvalue weighted by Crippen LogP contribution is 2.30. The summed E-state index contributed by atoms with van der Waals surface area (Å²) in [6, 6.07) is 7.43. The summed E-state index contributed by atoms with van der Waals surface area (Å²) in [6.07, 6.45) is -0.399. The van der Waals surface area contributed by atoms with E-state index in [0.29, 0.717) is 18.3 Å². The van der Waals surface area contributed by atoms with Gasteiger partial charge in [0, 0.05) is 25.3 Å². The molecule has 12 heteroatoms. The van der Waals surface area contributed by atoms with Gasteiger partial charge in [-0.05, 0) is 46.3 Å². The molecule has 0 aliphatic carbocycles. The molecule has 0 bridgehead atoms. The molecular weight excluding hydrogens is 521 g/mol. The van der Waals surface area contributed by atoms with E-state index in [4.69, 9.17) is 14.2 Å². The molecule has 1 unspecified atom stereocenters. The van der Waals surface area contributed by atoms with E-state index in [0.717, 1.165) is 9.85 Å². The van der Waals surface area contributed by atoms with Gasteiger partial charge in [-0.3, -0.25) is 9.59 Å². The van der Waals surface area contributed by atoms with Crippen LogP contribution in [0.1, 0.15) is 12.8 Å². The Labute approximate surface area is 201 Å². The number of carbonyl (C=O) groups is 3. The molecule has 1 aromatic carbocycles. The topological polar surface area (TPSA) is 106 Å². The van der Waals surface area contributed by atoms with Crippen molar-refractivity contribution >= 4 is 56.5 Å². The fraction of sp³-hybridized carbons (Fsp3) is 0.381. The zero-order chi connectivity index (χ0) is 23.4. The molecule has 2 fully saturated rings. The number of halogens is 2. The zero-order valence-corrected chi connectivity index (χ0v) is 19.8. The van der Waals surface area contributed by atoms with Gasteiger partial charge in [0.15, 0.2) is 5.06 Å². The van der Waals surface area contributed by atoms with E-state index < -0.39 is 23.4 Å². The van der Waals surface area contributed by atoms with E-state index in [2.05, 4.69) is 26.6 Å². The van der Waals surface area contributed by atoms with Crippen LogP contribution in [0.4, 0.5) is 20.6 Å². The molecule has 1 atom stereocenters. The SMILES string of the molecule is O=C(NC1(C(=O)Nc2ccc(N3CCOCCC3=O)c(F)c2)CCOC1)Oc1ccc(Br)s1. The number of benzene rings is 1. The van der Waals surface area contributed by atoms with Crippen molar-refractivity contribution in [3.8, 4) is 5.06 Å². The van der Waals surface area contributed by atoms with Crippen molar-refractivity contribution in [1.82, 2.24) is 5.32 Å². The average molecular weight is 542 g/mol. The minimum Gasteiger partial charge on any atom is -0.399 e. The quantitative estimate of drug-likeness (QED) is 0.601. The van der Waals surface area contributed by atoms with E-state index in [1.807, 2.05) is 0 Å². The summed E-state index contributed by atoms with van der Waals surface area (Å²) in [5.41, 5.74) is -1.06. The van der Waals surface area contributed by atoms with Crippen molar-refractivity contribution < 1.29 is 33.0 Å². The van der Waals surface area contributed by atoms with Crippen molar-refractivity contribution in [3.05, 3.63) is 39.9 Å². The van der Waals surface area contributed by atoms with Gasteiger partial charge in [0.1, 0.15) is 11.4 Å². The van der Waals surface area contributed by atoms with E-state index in [-0.39, 0.29) is 49.9 Å². The Balaban J connectivity index is 1.45. The number of nitrogens with zero attached hydrogens (tertiary/aromatic N) is 1. The lowest BCUT2D eigenvalue weighted by Gasteiger charge is -2.27. The van der Waals surface area contributed by atoms with E-state index >= 15 is 0 Å². The number of hydrogen-bond donors (Lipinski definition) is 2. The first-order chi connectivity index (χ1) is 15.9. The number of carbonyl (C=O) groups excluding carboxylic acids is 3. The van der Waals surface area contributed by atoms with E-state index in [9.17, 15) is 18.8 Å². The predicted octanol–water partition coefficient (Wildman–Crippen LogP) is 3.29. The molecule has 0 radical (unpaired) electrons. The minimum atomic E-state index is -1.36. The Hall–Kier alpha value is -2.54. The zero-order valence-electron chi connectivity index (χ0n) is 17.4. The molecule has 176 valence electrons. The molecule has 0 saturated carbocycles. The van der Waals surface area contributed by atoms with E-state index in [1.165, 1.54) is 28.4 Å². The lowest BCUT2D eigenvalue weighted by atomic mass is 9.97. The monoisotopic (exact) mass is 541 g/mol. The first-order valence-electron chi connectivity index (χ1n) is 10.2. The largest absolute Gasteiger partial charge is 0.414 e. The summed E-state index contributed by atoms with van der Waals surface area (Å²) < 4.78 is 31.5. The van der Waals surface area contributed by atoms with Crippen LogP contribution in [0.2, 0.25) is 0 Å². The molecule has 33 heavy (non-hydrogen) atoms. The van der Waals surface area contributed by atoms with Crippen LogP contribution in [-0.2, 0) is 19.1 Å². The van der Waals surface area contributed by atoms with Crippen LogP contribution in [0.3, 0.4) is 0 Å². The summed E-state index contributed by atoms with van der Waals surface area (Å²) in [6.45, 7) is 1.08. The number of nitrogens with one attached hydrogen (secondary N) is 2. The van der Waals surface area contributed by atoms with Crippen LogP contribution < -0.4 is 20.3 Å². The lowest BCUT2D eigenvalue weighted by molar-refractivity contribution is -0.122. The number of amides is 3. The summed E-state index contributed by atoms with van der Waals surface area (Å²) in [5.74, 6) is -1.45. The van der Waals surface area contributed by atoms with Gasteiger partial charge in [-0.25, -0.2) is 9.18 Å². The molecule has 4 rings (SSSR count).